The average molecular weight is 569 g/mol. The second-order valence-corrected chi connectivity index (χ2v) is 10.6. The van der Waals surface area contributed by atoms with Gasteiger partial charge in [-0.1, -0.05) is 16.9 Å². The van der Waals surface area contributed by atoms with Crippen molar-refractivity contribution >= 4 is 63.4 Å². The van der Waals surface area contributed by atoms with E-state index in [1.807, 2.05) is 0 Å². The highest BCUT2D eigenvalue weighted by atomic mass is 32.2. The number of oxime groups is 1. The monoisotopic (exact) mass is 568 g/mol. The number of Topliss-reactive ketones (excluding diaryl/α,β-unsaturated/α-hetero) is 1. The first kappa shape index (κ1) is 26.4. The Hall–Kier alpha value is -3.64. The number of hydrogen-bond donors (Lipinski definition) is 4. The van der Waals surface area contributed by atoms with Crippen molar-refractivity contribution in [3.63, 3.8) is 0 Å². The number of nitrogens with one attached hydrogen (secondary N) is 2. The van der Waals surface area contributed by atoms with Crippen molar-refractivity contribution in [1.29, 1.82) is 0 Å². The number of nitrogens with zero attached hydrogens (tertiary/aromatic N) is 5. The van der Waals surface area contributed by atoms with Crippen LogP contribution in [-0.4, -0.2) is 89.7 Å². The standard InChI is InChI=1S/C19H20N8O7S3/c1-26-19(23-14(30)15(31)24-26)37-5-7-4-35-16-11(9(28)3-27(16)12(7)17(32)33)22-13(29)10(25-34-2)8-6-36-18(20)21-8/h6,11,16H,3-5H2,1-2H3,(H2,20,21)(H,22,29)(H,24,31)(H,32,33)/t11-,16-/m1/s1. The molecule has 0 spiro atoms. The fourth-order valence-corrected chi connectivity index (χ4v) is 6.71. The van der Waals surface area contributed by atoms with Crippen LogP contribution in [0.3, 0.4) is 0 Å². The molecule has 0 bridgehead atoms. The van der Waals surface area contributed by atoms with Crippen molar-refractivity contribution in [3.8, 4) is 0 Å². The van der Waals surface area contributed by atoms with Crippen molar-refractivity contribution in [1.82, 2.24) is 30.0 Å². The second-order valence-electron chi connectivity index (χ2n) is 7.69. The zero-order valence-electron chi connectivity index (χ0n) is 19.3. The van der Waals surface area contributed by atoms with Crippen LogP contribution in [0.4, 0.5) is 5.13 Å². The summed E-state index contributed by atoms with van der Waals surface area (Å²) in [6.07, 6.45) is 0. The third-order valence-electron chi connectivity index (χ3n) is 5.29. The molecule has 2 aromatic heterocycles. The molecule has 0 aromatic carbocycles. The first-order valence-electron chi connectivity index (χ1n) is 10.4. The van der Waals surface area contributed by atoms with E-state index in [4.69, 9.17) is 10.6 Å². The van der Waals surface area contributed by atoms with Crippen LogP contribution in [0.15, 0.2) is 36.6 Å². The fourth-order valence-electron chi connectivity index (χ4n) is 3.72. The fraction of sp³-hybridized carbons (Fsp3) is 0.368. The average Bonchev–Trinajstić information content (AvgIpc) is 3.40. The number of amides is 1. The number of anilines is 1. The summed E-state index contributed by atoms with van der Waals surface area (Å²) in [5, 5.41) is 19.9. The maximum absolute atomic E-state index is 13.0. The minimum Gasteiger partial charge on any atom is -0.477 e. The minimum atomic E-state index is -1.23. The van der Waals surface area contributed by atoms with E-state index < -0.39 is 34.4 Å². The number of hydrogen-bond acceptors (Lipinski definition) is 14. The Labute approximate surface area is 220 Å². The third-order valence-corrected chi connectivity index (χ3v) is 8.46. The summed E-state index contributed by atoms with van der Waals surface area (Å²) >= 11 is 3.47. The van der Waals surface area contributed by atoms with Crippen LogP contribution in [0.1, 0.15) is 5.69 Å². The summed E-state index contributed by atoms with van der Waals surface area (Å²) in [6.45, 7) is -0.228. The highest BCUT2D eigenvalue weighted by Gasteiger charge is 2.47. The van der Waals surface area contributed by atoms with Gasteiger partial charge in [0.25, 0.3) is 5.91 Å². The lowest BCUT2D eigenvalue weighted by molar-refractivity contribution is -0.134. The largest absolute Gasteiger partial charge is 0.477 e. The summed E-state index contributed by atoms with van der Waals surface area (Å²) in [7, 11) is 2.76. The van der Waals surface area contributed by atoms with Gasteiger partial charge in [0.2, 0.25) is 0 Å². The number of ketones is 1. The molecule has 196 valence electrons. The molecule has 2 aliphatic heterocycles. The van der Waals surface area contributed by atoms with E-state index in [2.05, 4.69) is 25.5 Å². The van der Waals surface area contributed by atoms with Crippen molar-refractivity contribution in [2.24, 2.45) is 12.2 Å². The van der Waals surface area contributed by atoms with Crippen LogP contribution in [0, 0.1) is 0 Å². The number of aromatic nitrogens is 4. The van der Waals surface area contributed by atoms with Crippen LogP contribution in [0.25, 0.3) is 0 Å². The van der Waals surface area contributed by atoms with Crippen molar-refractivity contribution in [2.75, 3.05) is 30.9 Å². The molecule has 1 saturated heterocycles. The van der Waals surface area contributed by atoms with Gasteiger partial charge >= 0.3 is 17.1 Å². The summed E-state index contributed by atoms with van der Waals surface area (Å²) in [6, 6.07) is -1.01. The topological polar surface area (TPSA) is 215 Å². The molecule has 2 aromatic rings. The third kappa shape index (κ3) is 5.39. The number of nitrogens with two attached hydrogens (primary N) is 1. The molecule has 1 amide bonds. The lowest BCUT2D eigenvalue weighted by atomic mass is 10.2. The van der Waals surface area contributed by atoms with Crippen LogP contribution < -0.4 is 22.2 Å². The molecule has 15 nitrogen and oxygen atoms in total. The first-order chi connectivity index (χ1) is 17.6. The van der Waals surface area contributed by atoms with Gasteiger partial charge < -0.3 is 25.9 Å². The van der Waals surface area contributed by atoms with Gasteiger partial charge in [-0.2, -0.15) is 4.98 Å². The molecular formula is C19H20N8O7S3. The van der Waals surface area contributed by atoms with Gasteiger partial charge in [0.05, 0.1) is 6.54 Å². The predicted molar refractivity (Wildman–Crippen MR) is 135 cm³/mol. The van der Waals surface area contributed by atoms with Gasteiger partial charge in [0.1, 0.15) is 29.9 Å². The molecule has 0 aliphatic carbocycles. The maximum Gasteiger partial charge on any atom is 0.352 e. The van der Waals surface area contributed by atoms with Crippen molar-refractivity contribution in [2.45, 2.75) is 16.6 Å². The zero-order valence-corrected chi connectivity index (χ0v) is 21.7. The normalized spacial score (nSPS) is 19.7. The lowest BCUT2D eigenvalue weighted by Gasteiger charge is -2.34. The van der Waals surface area contributed by atoms with Gasteiger partial charge in [-0.25, -0.2) is 9.78 Å². The summed E-state index contributed by atoms with van der Waals surface area (Å²) in [5.74, 6) is -1.94. The lowest BCUT2D eigenvalue weighted by Crippen LogP contribution is -2.49. The van der Waals surface area contributed by atoms with Crippen LogP contribution in [0.2, 0.25) is 0 Å². The Morgan fingerprint density at radius 3 is 2.78 bits per heavy atom. The summed E-state index contributed by atoms with van der Waals surface area (Å²) < 4.78 is 1.27. The summed E-state index contributed by atoms with van der Waals surface area (Å²) in [5.41, 5.74) is 4.27. The molecule has 1 fully saturated rings. The number of carboxylic acid groups (broad SMARTS) is 1. The summed E-state index contributed by atoms with van der Waals surface area (Å²) in [4.78, 5) is 75.0. The maximum atomic E-state index is 13.0. The number of carboxylic acids is 1. The number of H-pyrrole nitrogens is 1. The van der Waals surface area contributed by atoms with E-state index >= 15 is 0 Å². The number of aryl methyl sites for hydroxylation is 1. The molecule has 2 aliphatic rings. The number of nitrogen functional groups attached to an aromatic ring is 1. The Kier molecular flexibility index (Phi) is 7.69. The molecule has 0 saturated carbocycles. The zero-order chi connectivity index (χ0) is 26.9. The molecule has 37 heavy (non-hydrogen) atoms. The number of aliphatic carboxylic acids is 1. The van der Waals surface area contributed by atoms with Crippen molar-refractivity contribution in [3.05, 3.63) is 43.1 Å². The smallest absolute Gasteiger partial charge is 0.352 e. The number of thioether (sulfide) groups is 2. The van der Waals surface area contributed by atoms with Crippen molar-refractivity contribution < 1.29 is 24.3 Å². The highest BCUT2D eigenvalue weighted by molar-refractivity contribution is 8.00. The molecule has 5 N–H and O–H groups in total. The van der Waals surface area contributed by atoms with Crippen LogP contribution in [-0.2, 0) is 26.3 Å². The number of fused-ring (bicyclic) bond motifs is 1. The van der Waals surface area contributed by atoms with E-state index in [9.17, 15) is 29.1 Å². The molecule has 0 radical (unpaired) electrons. The molecule has 18 heteroatoms. The highest BCUT2D eigenvalue weighted by Crippen LogP contribution is 2.38. The van der Waals surface area contributed by atoms with E-state index in [-0.39, 0.29) is 51.2 Å². The van der Waals surface area contributed by atoms with Gasteiger partial charge in [-0.3, -0.25) is 29.0 Å². The van der Waals surface area contributed by atoms with Gasteiger partial charge in [-0.15, -0.1) is 23.1 Å². The number of aromatic amines is 1. The number of thiazole rings is 1. The molecule has 4 rings (SSSR count). The molecule has 0 unspecified atom stereocenters. The first-order valence-corrected chi connectivity index (χ1v) is 13.3. The molecule has 2 atom stereocenters. The number of carbonyl (C=O) groups is 3. The second kappa shape index (κ2) is 10.8. The van der Waals surface area contributed by atoms with Gasteiger partial charge in [0.15, 0.2) is 21.8 Å². The van der Waals surface area contributed by atoms with E-state index in [0.717, 1.165) is 23.1 Å². The number of carbonyl (C=O) groups excluding carboxylic acids is 2. The Balaban J connectivity index is 1.55. The quantitative estimate of drug-likeness (QED) is 0.123. The van der Waals surface area contributed by atoms with Crippen LogP contribution in [0.5, 0.6) is 0 Å². The Morgan fingerprint density at radius 1 is 1.38 bits per heavy atom. The predicted octanol–water partition coefficient (Wildman–Crippen LogP) is -1.57. The SMILES string of the molecule is CON=C(C(=O)N[C@@H]1C(=O)CN2C(C(=O)O)=C(CSc3nc(=O)c(=O)[nH]n3C)CS[C@H]12)c1csc(N)n1. The molecular weight excluding hydrogens is 548 g/mol. The van der Waals surface area contributed by atoms with Gasteiger partial charge in [-0.05, 0) is 5.57 Å². The van der Waals surface area contributed by atoms with E-state index in [0.29, 0.717) is 5.57 Å². The van der Waals surface area contributed by atoms with E-state index in [1.54, 1.807) is 0 Å². The van der Waals surface area contributed by atoms with E-state index in [1.165, 1.54) is 40.9 Å². The minimum absolute atomic E-state index is 0.0613. The van der Waals surface area contributed by atoms with Gasteiger partial charge in [0, 0.05) is 23.9 Å². The Morgan fingerprint density at radius 2 is 2.14 bits per heavy atom. The molecule has 4 heterocycles. The number of rotatable bonds is 8. The van der Waals surface area contributed by atoms with Crippen LogP contribution >= 0.6 is 34.9 Å². The Bertz CT molecular complexity index is 1450.